The lowest BCUT2D eigenvalue weighted by Gasteiger charge is -2.35. The summed E-state index contributed by atoms with van der Waals surface area (Å²) in [6, 6.07) is 4.39. The maximum Gasteiger partial charge on any atom is 0.129 e. The molecule has 1 aliphatic rings. The molecule has 0 amide bonds. The van der Waals surface area contributed by atoms with Crippen molar-refractivity contribution >= 4 is 5.82 Å². The van der Waals surface area contributed by atoms with E-state index < -0.39 is 0 Å². The standard InChI is InChI=1S/C13H21N3O2/c1-10(14-2)11-3-4-15-13(7-11)16-5-6-18-9-12(16)8-17/h3-4,7,10,12,14,17H,5-6,8-9H2,1-2H3. The van der Waals surface area contributed by atoms with E-state index in [4.69, 9.17) is 4.74 Å². The van der Waals surface area contributed by atoms with E-state index in [2.05, 4.69) is 28.2 Å². The summed E-state index contributed by atoms with van der Waals surface area (Å²) in [4.78, 5) is 6.53. The number of rotatable bonds is 4. The van der Waals surface area contributed by atoms with Crippen molar-refractivity contribution in [2.24, 2.45) is 0 Å². The molecule has 1 aliphatic heterocycles. The molecule has 0 saturated carbocycles. The van der Waals surface area contributed by atoms with E-state index >= 15 is 0 Å². The van der Waals surface area contributed by atoms with Gasteiger partial charge in [-0.3, -0.25) is 0 Å². The molecule has 0 spiro atoms. The third-order valence-corrected chi connectivity index (χ3v) is 3.44. The maximum absolute atomic E-state index is 9.39. The van der Waals surface area contributed by atoms with Crippen LogP contribution in [0.25, 0.3) is 0 Å². The fourth-order valence-corrected chi connectivity index (χ4v) is 2.13. The van der Waals surface area contributed by atoms with Gasteiger partial charge < -0.3 is 20.1 Å². The Balaban J connectivity index is 2.21. The second-order valence-electron chi connectivity index (χ2n) is 4.56. The summed E-state index contributed by atoms with van der Waals surface area (Å²) in [7, 11) is 1.94. The van der Waals surface area contributed by atoms with Gasteiger partial charge in [-0.15, -0.1) is 0 Å². The summed E-state index contributed by atoms with van der Waals surface area (Å²) < 4.78 is 5.38. The summed E-state index contributed by atoms with van der Waals surface area (Å²) in [5, 5.41) is 12.6. The Hall–Kier alpha value is -1.17. The highest BCUT2D eigenvalue weighted by Gasteiger charge is 2.23. The Morgan fingerprint density at radius 3 is 3.22 bits per heavy atom. The smallest absolute Gasteiger partial charge is 0.129 e. The van der Waals surface area contributed by atoms with Crippen LogP contribution in [0.3, 0.4) is 0 Å². The number of aromatic nitrogens is 1. The van der Waals surface area contributed by atoms with Crippen LogP contribution in [-0.2, 0) is 4.74 Å². The van der Waals surface area contributed by atoms with Gasteiger partial charge in [-0.1, -0.05) is 0 Å². The third kappa shape index (κ3) is 2.80. The quantitative estimate of drug-likeness (QED) is 0.819. The summed E-state index contributed by atoms with van der Waals surface area (Å²) in [6.07, 6.45) is 1.82. The molecule has 1 fully saturated rings. The number of hydrogen-bond donors (Lipinski definition) is 2. The van der Waals surface area contributed by atoms with Crippen LogP contribution in [0.1, 0.15) is 18.5 Å². The molecule has 2 unspecified atom stereocenters. The SMILES string of the molecule is CNC(C)c1ccnc(N2CCOCC2CO)c1. The Morgan fingerprint density at radius 2 is 2.50 bits per heavy atom. The summed E-state index contributed by atoms with van der Waals surface area (Å²) >= 11 is 0. The van der Waals surface area contributed by atoms with Crippen molar-refractivity contribution in [2.75, 3.05) is 38.3 Å². The molecule has 1 aromatic rings. The second-order valence-corrected chi connectivity index (χ2v) is 4.56. The molecule has 2 atom stereocenters. The second kappa shape index (κ2) is 6.13. The van der Waals surface area contributed by atoms with Gasteiger partial charge >= 0.3 is 0 Å². The highest BCUT2D eigenvalue weighted by atomic mass is 16.5. The minimum atomic E-state index is 0.00592. The van der Waals surface area contributed by atoms with E-state index in [1.807, 2.05) is 19.3 Å². The van der Waals surface area contributed by atoms with Gasteiger partial charge in [-0.2, -0.15) is 0 Å². The normalized spacial score (nSPS) is 21.9. The molecular weight excluding hydrogens is 230 g/mol. The number of nitrogens with zero attached hydrogens (tertiary/aromatic N) is 2. The Kier molecular flexibility index (Phi) is 4.52. The highest BCUT2D eigenvalue weighted by molar-refractivity contribution is 5.43. The van der Waals surface area contributed by atoms with Gasteiger partial charge in [0.25, 0.3) is 0 Å². The number of aliphatic hydroxyl groups is 1. The first-order chi connectivity index (χ1) is 8.76. The van der Waals surface area contributed by atoms with Gasteiger partial charge in [0, 0.05) is 18.8 Å². The largest absolute Gasteiger partial charge is 0.394 e. The third-order valence-electron chi connectivity index (χ3n) is 3.44. The average Bonchev–Trinajstić information content (AvgIpc) is 2.46. The Bertz CT molecular complexity index is 386. The van der Waals surface area contributed by atoms with Crippen molar-refractivity contribution in [3.63, 3.8) is 0 Å². The Morgan fingerprint density at radius 1 is 1.67 bits per heavy atom. The van der Waals surface area contributed by atoms with E-state index in [1.54, 1.807) is 0 Å². The van der Waals surface area contributed by atoms with Crippen molar-refractivity contribution in [3.05, 3.63) is 23.9 Å². The van der Waals surface area contributed by atoms with Crippen LogP contribution >= 0.6 is 0 Å². The highest BCUT2D eigenvalue weighted by Crippen LogP contribution is 2.21. The number of ether oxygens (including phenoxy) is 1. The van der Waals surface area contributed by atoms with E-state index in [-0.39, 0.29) is 12.6 Å². The topological polar surface area (TPSA) is 57.6 Å². The average molecular weight is 251 g/mol. The zero-order valence-corrected chi connectivity index (χ0v) is 11.0. The molecule has 2 heterocycles. The lowest BCUT2D eigenvalue weighted by atomic mass is 10.1. The molecule has 18 heavy (non-hydrogen) atoms. The van der Waals surface area contributed by atoms with Crippen LogP contribution in [0, 0.1) is 0 Å². The van der Waals surface area contributed by atoms with Crippen LogP contribution in [0.15, 0.2) is 18.3 Å². The minimum Gasteiger partial charge on any atom is -0.394 e. The van der Waals surface area contributed by atoms with Crippen molar-refractivity contribution < 1.29 is 9.84 Å². The molecule has 5 nitrogen and oxygen atoms in total. The molecule has 2 rings (SSSR count). The van der Waals surface area contributed by atoms with Gasteiger partial charge in [-0.25, -0.2) is 4.98 Å². The van der Waals surface area contributed by atoms with Crippen molar-refractivity contribution in [3.8, 4) is 0 Å². The molecule has 1 aromatic heterocycles. The Labute approximate surface area is 108 Å². The molecule has 1 saturated heterocycles. The molecule has 0 bridgehead atoms. The molecule has 0 radical (unpaired) electrons. The number of hydrogen-bond acceptors (Lipinski definition) is 5. The molecule has 2 N–H and O–H groups in total. The first kappa shape index (κ1) is 13.3. The molecule has 5 heteroatoms. The van der Waals surface area contributed by atoms with Gasteiger partial charge in [0.05, 0.1) is 25.9 Å². The molecular formula is C13H21N3O2. The lowest BCUT2D eigenvalue weighted by molar-refractivity contribution is 0.0723. The fourth-order valence-electron chi connectivity index (χ4n) is 2.13. The van der Waals surface area contributed by atoms with Crippen LogP contribution in [0.5, 0.6) is 0 Å². The first-order valence-corrected chi connectivity index (χ1v) is 6.34. The summed E-state index contributed by atoms with van der Waals surface area (Å²) in [6.45, 7) is 4.22. The number of aliphatic hydroxyl groups excluding tert-OH is 1. The van der Waals surface area contributed by atoms with Crippen LogP contribution in [0.2, 0.25) is 0 Å². The summed E-state index contributed by atoms with van der Waals surface area (Å²) in [5.41, 5.74) is 1.20. The van der Waals surface area contributed by atoms with Gasteiger partial charge in [-0.05, 0) is 31.7 Å². The van der Waals surface area contributed by atoms with Crippen molar-refractivity contribution in [1.82, 2.24) is 10.3 Å². The monoisotopic (exact) mass is 251 g/mol. The van der Waals surface area contributed by atoms with Crippen LogP contribution in [0.4, 0.5) is 5.82 Å². The van der Waals surface area contributed by atoms with Crippen molar-refractivity contribution in [2.45, 2.75) is 19.0 Å². The fraction of sp³-hybridized carbons (Fsp3) is 0.615. The van der Waals surface area contributed by atoms with Crippen LogP contribution < -0.4 is 10.2 Å². The van der Waals surface area contributed by atoms with E-state index in [0.717, 1.165) is 12.4 Å². The molecule has 100 valence electrons. The van der Waals surface area contributed by atoms with Gasteiger partial charge in [0.1, 0.15) is 5.82 Å². The number of pyridine rings is 1. The van der Waals surface area contributed by atoms with E-state index in [9.17, 15) is 5.11 Å². The predicted octanol–water partition coefficient (Wildman–Crippen LogP) is 0.559. The van der Waals surface area contributed by atoms with E-state index in [0.29, 0.717) is 19.3 Å². The number of nitrogens with one attached hydrogen (secondary N) is 1. The zero-order valence-electron chi connectivity index (χ0n) is 11.0. The molecule has 0 aliphatic carbocycles. The van der Waals surface area contributed by atoms with E-state index in [1.165, 1.54) is 5.56 Å². The van der Waals surface area contributed by atoms with Crippen LogP contribution in [-0.4, -0.2) is 49.5 Å². The zero-order chi connectivity index (χ0) is 13.0. The summed E-state index contributed by atoms with van der Waals surface area (Å²) in [5.74, 6) is 0.914. The first-order valence-electron chi connectivity index (χ1n) is 6.34. The number of anilines is 1. The predicted molar refractivity (Wildman–Crippen MR) is 70.8 cm³/mol. The van der Waals surface area contributed by atoms with Gasteiger partial charge in [0.2, 0.25) is 0 Å². The minimum absolute atomic E-state index is 0.00592. The molecule has 0 aromatic carbocycles. The lowest BCUT2D eigenvalue weighted by Crippen LogP contribution is -2.48. The maximum atomic E-state index is 9.39. The number of morpholine rings is 1. The van der Waals surface area contributed by atoms with Crippen molar-refractivity contribution in [1.29, 1.82) is 0 Å². The van der Waals surface area contributed by atoms with Gasteiger partial charge in [0.15, 0.2) is 0 Å².